The maximum absolute atomic E-state index is 12.5. The third kappa shape index (κ3) is 3.29. The van der Waals surface area contributed by atoms with Gasteiger partial charge in [0.1, 0.15) is 6.10 Å². The molecule has 1 heterocycles. The van der Waals surface area contributed by atoms with Crippen molar-refractivity contribution >= 4 is 27.9 Å². The van der Waals surface area contributed by atoms with E-state index in [0.717, 1.165) is 15.6 Å². The van der Waals surface area contributed by atoms with E-state index in [-0.39, 0.29) is 5.91 Å². The number of aliphatic hydroxyl groups excluding tert-OH is 1. The monoisotopic (exact) mass is 357 g/mol. The first-order chi connectivity index (χ1) is 10.6. The topological polar surface area (TPSA) is 40.5 Å². The maximum Gasteiger partial charge on any atom is 0.252 e. The molecule has 1 atom stereocenters. The largest absolute Gasteiger partial charge is 0.386 e. The minimum Gasteiger partial charge on any atom is -0.386 e. The average Bonchev–Trinajstić information content (AvgIpc) is 2.78. The van der Waals surface area contributed by atoms with Crippen molar-refractivity contribution in [2.24, 2.45) is 0 Å². The van der Waals surface area contributed by atoms with Crippen molar-refractivity contribution in [3.05, 3.63) is 75.8 Å². The molecule has 0 aromatic heterocycles. The molecule has 1 aliphatic rings. The van der Waals surface area contributed by atoms with Crippen LogP contribution in [0.25, 0.3) is 6.08 Å². The van der Waals surface area contributed by atoms with Crippen LogP contribution >= 0.6 is 15.9 Å². The lowest BCUT2D eigenvalue weighted by molar-refractivity contribution is -0.125. The summed E-state index contributed by atoms with van der Waals surface area (Å²) in [5, 5.41) is 10.2. The van der Waals surface area contributed by atoms with Gasteiger partial charge in [-0.05, 0) is 29.3 Å². The Morgan fingerprint density at radius 2 is 1.82 bits per heavy atom. The van der Waals surface area contributed by atoms with Crippen molar-refractivity contribution in [1.29, 1.82) is 0 Å². The molecule has 4 heteroatoms. The van der Waals surface area contributed by atoms with E-state index < -0.39 is 6.10 Å². The van der Waals surface area contributed by atoms with Crippen molar-refractivity contribution in [3.8, 4) is 0 Å². The molecule has 3 nitrogen and oxygen atoms in total. The molecule has 1 amide bonds. The smallest absolute Gasteiger partial charge is 0.252 e. The number of carbonyl (C=O) groups is 1. The highest BCUT2D eigenvalue weighted by Gasteiger charge is 2.33. The van der Waals surface area contributed by atoms with Gasteiger partial charge in [0.05, 0.1) is 6.54 Å². The molecule has 0 radical (unpaired) electrons. The Morgan fingerprint density at radius 3 is 2.50 bits per heavy atom. The van der Waals surface area contributed by atoms with E-state index >= 15 is 0 Å². The molecule has 0 saturated carbocycles. The minimum absolute atomic E-state index is 0.0979. The zero-order valence-corrected chi connectivity index (χ0v) is 13.5. The van der Waals surface area contributed by atoms with Gasteiger partial charge >= 0.3 is 0 Å². The SMILES string of the molecule is O=C1/C(=C\c2ccccc2)[C@@H](O)CN1Cc1ccc(Br)cc1. The van der Waals surface area contributed by atoms with Gasteiger partial charge in [-0.3, -0.25) is 4.79 Å². The summed E-state index contributed by atoms with van der Waals surface area (Å²) in [5.41, 5.74) is 2.43. The Balaban J connectivity index is 1.78. The number of rotatable bonds is 3. The van der Waals surface area contributed by atoms with Gasteiger partial charge in [-0.2, -0.15) is 0 Å². The molecule has 22 heavy (non-hydrogen) atoms. The lowest BCUT2D eigenvalue weighted by Crippen LogP contribution is -2.25. The molecule has 1 saturated heterocycles. The number of halogens is 1. The number of aliphatic hydroxyl groups is 1. The van der Waals surface area contributed by atoms with Gasteiger partial charge in [-0.1, -0.05) is 58.4 Å². The van der Waals surface area contributed by atoms with Crippen LogP contribution in [-0.2, 0) is 11.3 Å². The molecule has 2 aromatic carbocycles. The van der Waals surface area contributed by atoms with Gasteiger partial charge in [0, 0.05) is 16.6 Å². The van der Waals surface area contributed by atoms with Crippen molar-refractivity contribution in [1.82, 2.24) is 4.90 Å². The highest BCUT2D eigenvalue weighted by atomic mass is 79.9. The normalized spacial score (nSPS) is 19.9. The van der Waals surface area contributed by atoms with Crippen LogP contribution in [0.1, 0.15) is 11.1 Å². The fourth-order valence-corrected chi connectivity index (χ4v) is 2.81. The summed E-state index contributed by atoms with van der Waals surface area (Å²) in [5.74, 6) is -0.0979. The van der Waals surface area contributed by atoms with Crippen LogP contribution in [0, 0.1) is 0 Å². The summed E-state index contributed by atoms with van der Waals surface area (Å²) < 4.78 is 1.01. The van der Waals surface area contributed by atoms with E-state index in [2.05, 4.69) is 15.9 Å². The predicted molar refractivity (Wildman–Crippen MR) is 90.0 cm³/mol. The molecule has 112 valence electrons. The molecule has 1 N–H and O–H groups in total. The van der Waals surface area contributed by atoms with Crippen molar-refractivity contribution in [2.75, 3.05) is 6.54 Å². The molecule has 0 spiro atoms. The molecule has 2 aromatic rings. The Morgan fingerprint density at radius 1 is 1.14 bits per heavy atom. The number of hydrogen-bond donors (Lipinski definition) is 1. The molecular formula is C18H16BrNO2. The third-order valence-electron chi connectivity index (χ3n) is 3.69. The van der Waals surface area contributed by atoms with Gasteiger partial charge in [0.2, 0.25) is 0 Å². The van der Waals surface area contributed by atoms with E-state index in [9.17, 15) is 9.90 Å². The Kier molecular flexibility index (Phi) is 4.41. The summed E-state index contributed by atoms with van der Waals surface area (Å²) >= 11 is 3.40. The van der Waals surface area contributed by atoms with E-state index in [0.29, 0.717) is 18.7 Å². The quantitative estimate of drug-likeness (QED) is 0.856. The van der Waals surface area contributed by atoms with Crippen LogP contribution in [0.3, 0.4) is 0 Å². The van der Waals surface area contributed by atoms with E-state index in [1.54, 1.807) is 11.0 Å². The summed E-state index contributed by atoms with van der Waals surface area (Å²) in [6, 6.07) is 17.4. The number of amides is 1. The number of β-amino-alcohol motifs (C(OH)–C–C–N with tert-alkyl or cyclic N) is 1. The summed E-state index contributed by atoms with van der Waals surface area (Å²) in [4.78, 5) is 14.2. The number of benzene rings is 2. The first-order valence-corrected chi connectivity index (χ1v) is 7.91. The lowest BCUT2D eigenvalue weighted by Gasteiger charge is -2.15. The van der Waals surface area contributed by atoms with Crippen LogP contribution in [0.2, 0.25) is 0 Å². The van der Waals surface area contributed by atoms with E-state index in [4.69, 9.17) is 0 Å². The highest BCUT2D eigenvalue weighted by molar-refractivity contribution is 9.10. The first kappa shape index (κ1) is 15.0. The van der Waals surface area contributed by atoms with E-state index in [1.807, 2.05) is 54.6 Å². The first-order valence-electron chi connectivity index (χ1n) is 7.12. The number of hydrogen-bond acceptors (Lipinski definition) is 2. The number of likely N-dealkylation sites (tertiary alicyclic amines) is 1. The molecule has 1 fully saturated rings. The minimum atomic E-state index is -0.733. The second kappa shape index (κ2) is 6.46. The zero-order chi connectivity index (χ0) is 15.5. The molecular weight excluding hydrogens is 342 g/mol. The van der Waals surface area contributed by atoms with E-state index in [1.165, 1.54) is 0 Å². The lowest BCUT2D eigenvalue weighted by atomic mass is 10.1. The summed E-state index contributed by atoms with van der Waals surface area (Å²) in [6.07, 6.45) is 1.04. The maximum atomic E-state index is 12.5. The molecule has 0 unspecified atom stereocenters. The number of nitrogens with zero attached hydrogens (tertiary/aromatic N) is 1. The third-order valence-corrected chi connectivity index (χ3v) is 4.22. The van der Waals surface area contributed by atoms with Crippen LogP contribution < -0.4 is 0 Å². The average molecular weight is 358 g/mol. The standard InChI is InChI=1S/C18H16BrNO2/c19-15-8-6-14(7-9-15)11-20-12-17(21)16(18(20)22)10-13-4-2-1-3-5-13/h1-10,17,21H,11-12H2/b16-10-/t17-/m0/s1. The Bertz CT molecular complexity index is 695. The van der Waals surface area contributed by atoms with Crippen molar-refractivity contribution in [3.63, 3.8) is 0 Å². The van der Waals surface area contributed by atoms with Crippen LogP contribution in [-0.4, -0.2) is 28.6 Å². The van der Waals surface area contributed by atoms with Gasteiger partial charge < -0.3 is 10.0 Å². The molecule has 0 aliphatic carbocycles. The Labute approximate surface area is 138 Å². The molecule has 1 aliphatic heterocycles. The highest BCUT2D eigenvalue weighted by Crippen LogP contribution is 2.23. The van der Waals surface area contributed by atoms with Gasteiger partial charge in [0.25, 0.3) is 5.91 Å². The van der Waals surface area contributed by atoms with Crippen molar-refractivity contribution in [2.45, 2.75) is 12.6 Å². The molecule has 0 bridgehead atoms. The van der Waals surface area contributed by atoms with Crippen LogP contribution in [0.15, 0.2) is 64.6 Å². The fraction of sp³-hybridized carbons (Fsp3) is 0.167. The number of carbonyl (C=O) groups excluding carboxylic acids is 1. The van der Waals surface area contributed by atoms with Gasteiger partial charge in [0.15, 0.2) is 0 Å². The fourth-order valence-electron chi connectivity index (χ4n) is 2.55. The zero-order valence-electron chi connectivity index (χ0n) is 11.9. The van der Waals surface area contributed by atoms with Crippen LogP contribution in [0.5, 0.6) is 0 Å². The van der Waals surface area contributed by atoms with Crippen LogP contribution in [0.4, 0.5) is 0 Å². The summed E-state index contributed by atoms with van der Waals surface area (Å²) in [7, 11) is 0. The summed E-state index contributed by atoms with van der Waals surface area (Å²) in [6.45, 7) is 0.850. The van der Waals surface area contributed by atoms with Crippen molar-refractivity contribution < 1.29 is 9.90 Å². The van der Waals surface area contributed by atoms with Gasteiger partial charge in [-0.15, -0.1) is 0 Å². The second-order valence-corrected chi connectivity index (χ2v) is 6.25. The Hall–Kier alpha value is -1.91. The predicted octanol–water partition coefficient (Wildman–Crippen LogP) is 3.24. The van der Waals surface area contributed by atoms with Gasteiger partial charge in [-0.25, -0.2) is 0 Å². The second-order valence-electron chi connectivity index (χ2n) is 5.34. The molecule has 3 rings (SSSR count).